The molecule has 2 heterocycles. The van der Waals surface area contributed by atoms with Gasteiger partial charge in [0.2, 0.25) is 0 Å². The highest BCUT2D eigenvalue weighted by Gasteiger charge is 2.31. The van der Waals surface area contributed by atoms with Crippen molar-refractivity contribution in [1.29, 1.82) is 0 Å². The average molecular weight is 297 g/mol. The Morgan fingerprint density at radius 2 is 1.62 bits per heavy atom. The molecule has 0 aromatic carbocycles. The van der Waals surface area contributed by atoms with E-state index in [1.54, 1.807) is 0 Å². The summed E-state index contributed by atoms with van der Waals surface area (Å²) in [5.41, 5.74) is 0.184. The highest BCUT2D eigenvalue weighted by Crippen LogP contribution is 2.22. The summed E-state index contributed by atoms with van der Waals surface area (Å²) in [6, 6.07) is 1.29. The average Bonchev–Trinajstić information content (AvgIpc) is 2.80. The lowest BCUT2D eigenvalue weighted by Crippen LogP contribution is -2.56. The minimum atomic E-state index is 0.184. The van der Waals surface area contributed by atoms with Crippen molar-refractivity contribution in [2.24, 2.45) is 0 Å². The molecule has 4 atom stereocenters. The van der Waals surface area contributed by atoms with Gasteiger partial charge in [-0.3, -0.25) is 9.80 Å². The molecule has 2 aliphatic heterocycles. The molecule has 0 spiro atoms. The molecule has 1 N–H and O–H groups in total. The Labute approximate surface area is 131 Å². The SMILES string of the molecule is CC1CN(CC2CCC(CNC(C)(C)C)O2)CC(C)N1C. The largest absolute Gasteiger partial charge is 0.372 e. The fourth-order valence-electron chi connectivity index (χ4n) is 3.44. The minimum absolute atomic E-state index is 0.184. The summed E-state index contributed by atoms with van der Waals surface area (Å²) in [7, 11) is 2.24. The zero-order valence-electron chi connectivity index (χ0n) is 14.9. The maximum atomic E-state index is 6.24. The van der Waals surface area contributed by atoms with Crippen molar-refractivity contribution in [3.8, 4) is 0 Å². The molecule has 0 aromatic heterocycles. The van der Waals surface area contributed by atoms with E-state index in [4.69, 9.17) is 4.74 Å². The van der Waals surface area contributed by atoms with Crippen LogP contribution in [0.4, 0.5) is 0 Å². The van der Waals surface area contributed by atoms with Gasteiger partial charge in [-0.15, -0.1) is 0 Å². The Morgan fingerprint density at radius 1 is 1.05 bits per heavy atom. The topological polar surface area (TPSA) is 27.7 Å². The van der Waals surface area contributed by atoms with Crippen LogP contribution in [0.5, 0.6) is 0 Å². The maximum absolute atomic E-state index is 6.24. The summed E-state index contributed by atoms with van der Waals surface area (Å²) in [6.45, 7) is 15.7. The molecule has 21 heavy (non-hydrogen) atoms. The number of nitrogens with zero attached hydrogens (tertiary/aromatic N) is 2. The van der Waals surface area contributed by atoms with Gasteiger partial charge in [-0.25, -0.2) is 0 Å². The standard InChI is InChI=1S/C17H35N3O/c1-13-10-20(11-14(2)19(13)6)12-16-8-7-15(21-16)9-18-17(3,4)5/h13-16,18H,7-12H2,1-6H3. The van der Waals surface area contributed by atoms with Gasteiger partial charge in [0, 0.05) is 43.8 Å². The number of nitrogens with one attached hydrogen (secondary N) is 1. The second-order valence-electron chi connectivity index (χ2n) is 8.17. The first kappa shape index (κ1) is 17.2. The first-order chi connectivity index (χ1) is 9.74. The van der Waals surface area contributed by atoms with Gasteiger partial charge in [0.25, 0.3) is 0 Å². The van der Waals surface area contributed by atoms with Crippen molar-refractivity contribution < 1.29 is 4.74 Å². The molecule has 2 rings (SSSR count). The van der Waals surface area contributed by atoms with Crippen LogP contribution in [0.25, 0.3) is 0 Å². The van der Waals surface area contributed by atoms with E-state index in [-0.39, 0.29) is 5.54 Å². The van der Waals surface area contributed by atoms with Crippen LogP contribution in [-0.4, -0.2) is 72.9 Å². The molecule has 2 saturated heterocycles. The van der Waals surface area contributed by atoms with Gasteiger partial charge in [0.15, 0.2) is 0 Å². The molecule has 0 saturated carbocycles. The molecular weight excluding hydrogens is 262 g/mol. The van der Waals surface area contributed by atoms with Crippen LogP contribution in [0.3, 0.4) is 0 Å². The Morgan fingerprint density at radius 3 is 2.19 bits per heavy atom. The number of piperazine rings is 1. The van der Waals surface area contributed by atoms with E-state index < -0.39 is 0 Å². The predicted octanol–water partition coefficient (Wildman–Crippen LogP) is 1.95. The van der Waals surface area contributed by atoms with Gasteiger partial charge in [-0.1, -0.05) is 0 Å². The first-order valence-corrected chi connectivity index (χ1v) is 8.59. The number of hydrogen-bond acceptors (Lipinski definition) is 4. The van der Waals surface area contributed by atoms with Crippen LogP contribution in [0.2, 0.25) is 0 Å². The molecule has 124 valence electrons. The van der Waals surface area contributed by atoms with Crippen LogP contribution < -0.4 is 5.32 Å². The van der Waals surface area contributed by atoms with Crippen molar-refractivity contribution in [2.75, 3.05) is 33.2 Å². The quantitative estimate of drug-likeness (QED) is 0.858. The van der Waals surface area contributed by atoms with Crippen molar-refractivity contribution in [2.45, 2.75) is 77.3 Å². The summed E-state index contributed by atoms with van der Waals surface area (Å²) in [5.74, 6) is 0. The summed E-state index contributed by atoms with van der Waals surface area (Å²) in [4.78, 5) is 5.08. The molecule has 0 aromatic rings. The maximum Gasteiger partial charge on any atom is 0.0707 e. The van der Waals surface area contributed by atoms with Crippen LogP contribution >= 0.6 is 0 Å². The van der Waals surface area contributed by atoms with E-state index in [1.807, 2.05) is 0 Å². The lowest BCUT2D eigenvalue weighted by molar-refractivity contribution is -0.00609. The minimum Gasteiger partial charge on any atom is -0.372 e. The second kappa shape index (κ2) is 6.95. The van der Waals surface area contributed by atoms with Gasteiger partial charge in [-0.2, -0.15) is 0 Å². The molecule has 2 aliphatic rings. The zero-order chi connectivity index (χ0) is 15.6. The number of likely N-dealkylation sites (N-methyl/N-ethyl adjacent to an activating group) is 1. The highest BCUT2D eigenvalue weighted by molar-refractivity contribution is 4.86. The lowest BCUT2D eigenvalue weighted by Gasteiger charge is -2.43. The summed E-state index contributed by atoms with van der Waals surface area (Å²) < 4.78 is 6.24. The number of hydrogen-bond donors (Lipinski definition) is 1. The molecular formula is C17H35N3O. The molecule has 4 nitrogen and oxygen atoms in total. The van der Waals surface area contributed by atoms with E-state index >= 15 is 0 Å². The molecule has 4 unspecified atom stereocenters. The monoisotopic (exact) mass is 297 g/mol. The molecule has 0 bridgehead atoms. The smallest absolute Gasteiger partial charge is 0.0707 e. The Balaban J connectivity index is 1.73. The molecule has 0 amide bonds. The van der Waals surface area contributed by atoms with E-state index in [2.05, 4.69) is 56.8 Å². The highest BCUT2D eigenvalue weighted by atomic mass is 16.5. The van der Waals surface area contributed by atoms with Crippen LogP contribution in [0, 0.1) is 0 Å². The van der Waals surface area contributed by atoms with Crippen LogP contribution in [-0.2, 0) is 4.74 Å². The van der Waals surface area contributed by atoms with Crippen molar-refractivity contribution in [1.82, 2.24) is 15.1 Å². The Bertz CT molecular complexity index is 316. The van der Waals surface area contributed by atoms with Gasteiger partial charge in [0.05, 0.1) is 12.2 Å². The van der Waals surface area contributed by atoms with E-state index in [0.717, 1.165) is 13.1 Å². The molecule has 2 fully saturated rings. The number of ether oxygens (including phenoxy) is 1. The fraction of sp³-hybridized carbons (Fsp3) is 1.00. The third-order valence-corrected chi connectivity index (χ3v) is 4.95. The Kier molecular flexibility index (Phi) is 5.69. The van der Waals surface area contributed by atoms with Crippen molar-refractivity contribution in [3.05, 3.63) is 0 Å². The summed E-state index contributed by atoms with van der Waals surface area (Å²) in [6.07, 6.45) is 3.24. The predicted molar refractivity (Wildman–Crippen MR) is 88.8 cm³/mol. The fourth-order valence-corrected chi connectivity index (χ4v) is 3.44. The first-order valence-electron chi connectivity index (χ1n) is 8.59. The van der Waals surface area contributed by atoms with Crippen LogP contribution in [0.15, 0.2) is 0 Å². The molecule has 0 aliphatic carbocycles. The third-order valence-electron chi connectivity index (χ3n) is 4.95. The van der Waals surface area contributed by atoms with Crippen molar-refractivity contribution >= 4 is 0 Å². The van der Waals surface area contributed by atoms with Crippen molar-refractivity contribution in [3.63, 3.8) is 0 Å². The third kappa shape index (κ3) is 5.20. The summed E-state index contributed by atoms with van der Waals surface area (Å²) >= 11 is 0. The van der Waals surface area contributed by atoms with Gasteiger partial charge in [0.1, 0.15) is 0 Å². The lowest BCUT2D eigenvalue weighted by atomic mass is 10.1. The molecule has 0 radical (unpaired) electrons. The van der Waals surface area contributed by atoms with Crippen LogP contribution in [0.1, 0.15) is 47.5 Å². The molecule has 4 heteroatoms. The number of rotatable bonds is 4. The second-order valence-corrected chi connectivity index (χ2v) is 8.17. The normalized spacial score (nSPS) is 36.3. The van der Waals surface area contributed by atoms with E-state index in [0.29, 0.717) is 24.3 Å². The van der Waals surface area contributed by atoms with E-state index in [9.17, 15) is 0 Å². The van der Waals surface area contributed by atoms with E-state index in [1.165, 1.54) is 25.9 Å². The summed E-state index contributed by atoms with van der Waals surface area (Å²) in [5, 5.41) is 3.56. The van der Waals surface area contributed by atoms with Gasteiger partial charge in [-0.05, 0) is 54.5 Å². The Hall–Kier alpha value is -0.160. The zero-order valence-corrected chi connectivity index (χ0v) is 14.9. The van der Waals surface area contributed by atoms with Gasteiger partial charge >= 0.3 is 0 Å². The van der Waals surface area contributed by atoms with Gasteiger partial charge < -0.3 is 10.1 Å².